The number of nitrogens with zero attached hydrogens (tertiary/aromatic N) is 1. The Morgan fingerprint density at radius 3 is 2.26 bits per heavy atom. The highest BCUT2D eigenvalue weighted by molar-refractivity contribution is 9.10. The van der Waals surface area contributed by atoms with E-state index in [1.165, 1.54) is 0 Å². The van der Waals surface area contributed by atoms with Gasteiger partial charge in [0.05, 0.1) is 12.3 Å². The summed E-state index contributed by atoms with van der Waals surface area (Å²) in [6, 6.07) is 23.6. The lowest BCUT2D eigenvalue weighted by atomic mass is 10.1. The molecule has 2 N–H and O–H groups in total. The maximum Gasteiger partial charge on any atom is 0.287 e. The Balaban J connectivity index is 1.82. The molecule has 0 aromatic heterocycles. The van der Waals surface area contributed by atoms with Gasteiger partial charge in [0.25, 0.3) is 11.8 Å². The standard InChI is InChI=1S/C27H26BrN3O3/c1-3-17-34-24-15-9-20(10-16-24)18-25(29-26(32)22-7-5-4-6-8-22)27(33)31-30-19(2)21-11-13-23(28)14-12-21/h4-16,18H,3,17H2,1-2H3,(H,29,32)(H,31,33). The van der Waals surface area contributed by atoms with Crippen LogP contribution in [0.25, 0.3) is 6.08 Å². The van der Waals surface area contributed by atoms with Crippen molar-refractivity contribution >= 4 is 39.5 Å². The fourth-order valence-electron chi connectivity index (χ4n) is 2.94. The number of amides is 2. The van der Waals surface area contributed by atoms with Crippen LogP contribution in [0.2, 0.25) is 0 Å². The fraction of sp³-hybridized carbons (Fsp3) is 0.148. The minimum atomic E-state index is -0.535. The molecule has 3 aromatic carbocycles. The van der Waals surface area contributed by atoms with Crippen LogP contribution in [0.5, 0.6) is 5.75 Å². The summed E-state index contributed by atoms with van der Waals surface area (Å²) in [5.74, 6) is -0.182. The van der Waals surface area contributed by atoms with Crippen LogP contribution in [0.3, 0.4) is 0 Å². The van der Waals surface area contributed by atoms with Gasteiger partial charge >= 0.3 is 0 Å². The Bertz CT molecular complexity index is 1170. The van der Waals surface area contributed by atoms with Gasteiger partial charge in [0.15, 0.2) is 0 Å². The monoisotopic (exact) mass is 519 g/mol. The summed E-state index contributed by atoms with van der Waals surface area (Å²) >= 11 is 3.40. The number of ether oxygens (including phenoxy) is 1. The lowest BCUT2D eigenvalue weighted by Crippen LogP contribution is -2.33. The predicted molar refractivity (Wildman–Crippen MR) is 139 cm³/mol. The van der Waals surface area contributed by atoms with Crippen LogP contribution < -0.4 is 15.5 Å². The SMILES string of the molecule is CCCOc1ccc(C=C(NC(=O)c2ccccc2)C(=O)NN=C(C)c2ccc(Br)cc2)cc1. The number of nitrogens with one attached hydrogen (secondary N) is 2. The lowest BCUT2D eigenvalue weighted by molar-refractivity contribution is -0.117. The van der Waals surface area contributed by atoms with Gasteiger partial charge in [-0.3, -0.25) is 9.59 Å². The Morgan fingerprint density at radius 2 is 1.62 bits per heavy atom. The van der Waals surface area contributed by atoms with Crippen LogP contribution in [0.1, 0.15) is 41.8 Å². The van der Waals surface area contributed by atoms with Crippen molar-refractivity contribution in [1.82, 2.24) is 10.7 Å². The number of rotatable bonds is 9. The van der Waals surface area contributed by atoms with Crippen molar-refractivity contribution < 1.29 is 14.3 Å². The molecular formula is C27H26BrN3O3. The molecule has 2 amide bonds. The topological polar surface area (TPSA) is 79.8 Å². The number of halogens is 1. The van der Waals surface area contributed by atoms with Gasteiger partial charge in [-0.1, -0.05) is 65.3 Å². The molecule has 3 aromatic rings. The second kappa shape index (κ2) is 12.5. The first-order valence-electron chi connectivity index (χ1n) is 10.9. The molecule has 174 valence electrons. The minimum Gasteiger partial charge on any atom is -0.494 e. The van der Waals surface area contributed by atoms with E-state index in [0.29, 0.717) is 17.9 Å². The molecule has 3 rings (SSSR count). The van der Waals surface area contributed by atoms with Gasteiger partial charge in [0, 0.05) is 10.0 Å². The van der Waals surface area contributed by atoms with Gasteiger partial charge in [0.2, 0.25) is 0 Å². The van der Waals surface area contributed by atoms with E-state index in [1.807, 2.05) is 61.5 Å². The Hall–Kier alpha value is -3.71. The van der Waals surface area contributed by atoms with E-state index in [9.17, 15) is 9.59 Å². The van der Waals surface area contributed by atoms with E-state index in [1.54, 1.807) is 37.3 Å². The van der Waals surface area contributed by atoms with Crippen LogP contribution in [0.15, 0.2) is 94.1 Å². The maximum atomic E-state index is 13.0. The third-order valence-electron chi connectivity index (χ3n) is 4.78. The van der Waals surface area contributed by atoms with Gasteiger partial charge in [-0.2, -0.15) is 5.10 Å². The first-order chi connectivity index (χ1) is 16.5. The Labute approximate surface area is 207 Å². The molecule has 0 fully saturated rings. The summed E-state index contributed by atoms with van der Waals surface area (Å²) in [6.45, 7) is 4.47. The van der Waals surface area contributed by atoms with Crippen molar-refractivity contribution in [3.63, 3.8) is 0 Å². The lowest BCUT2D eigenvalue weighted by Gasteiger charge is -2.10. The first-order valence-corrected chi connectivity index (χ1v) is 11.7. The molecule has 0 saturated heterocycles. The zero-order valence-electron chi connectivity index (χ0n) is 19.0. The van der Waals surface area contributed by atoms with E-state index in [2.05, 4.69) is 31.8 Å². The summed E-state index contributed by atoms with van der Waals surface area (Å²) in [6.07, 6.45) is 2.52. The van der Waals surface area contributed by atoms with Crippen LogP contribution in [-0.4, -0.2) is 24.1 Å². The highest BCUT2D eigenvalue weighted by atomic mass is 79.9. The zero-order valence-corrected chi connectivity index (χ0v) is 20.6. The highest BCUT2D eigenvalue weighted by Gasteiger charge is 2.14. The van der Waals surface area contributed by atoms with Crippen LogP contribution in [-0.2, 0) is 4.79 Å². The molecule has 0 saturated carbocycles. The van der Waals surface area contributed by atoms with Gasteiger partial charge in [-0.15, -0.1) is 0 Å². The average Bonchev–Trinajstić information content (AvgIpc) is 2.87. The number of carbonyl (C=O) groups is 2. The normalized spacial score (nSPS) is 11.6. The van der Waals surface area contributed by atoms with Gasteiger partial charge in [0.1, 0.15) is 11.4 Å². The first kappa shape index (κ1) is 24.9. The third kappa shape index (κ3) is 7.42. The maximum absolute atomic E-state index is 13.0. The molecule has 0 spiro atoms. The minimum absolute atomic E-state index is 0.0726. The molecule has 7 heteroatoms. The summed E-state index contributed by atoms with van der Waals surface area (Å²) < 4.78 is 6.56. The third-order valence-corrected chi connectivity index (χ3v) is 5.31. The van der Waals surface area contributed by atoms with Crippen LogP contribution in [0.4, 0.5) is 0 Å². The number of benzene rings is 3. The van der Waals surface area contributed by atoms with Crippen molar-refractivity contribution in [2.24, 2.45) is 5.10 Å². The highest BCUT2D eigenvalue weighted by Crippen LogP contribution is 2.15. The predicted octanol–water partition coefficient (Wildman–Crippen LogP) is 5.55. The summed E-state index contributed by atoms with van der Waals surface area (Å²) in [5, 5.41) is 6.91. The van der Waals surface area contributed by atoms with E-state index in [-0.39, 0.29) is 5.70 Å². The second-order valence-electron chi connectivity index (χ2n) is 7.44. The Morgan fingerprint density at radius 1 is 0.941 bits per heavy atom. The second-order valence-corrected chi connectivity index (χ2v) is 8.36. The van der Waals surface area contributed by atoms with Crippen LogP contribution in [0, 0.1) is 0 Å². The molecular weight excluding hydrogens is 494 g/mol. The van der Waals surface area contributed by atoms with Crippen molar-refractivity contribution in [3.05, 3.63) is 106 Å². The van der Waals surface area contributed by atoms with Crippen molar-refractivity contribution in [2.45, 2.75) is 20.3 Å². The van der Waals surface area contributed by atoms with Crippen molar-refractivity contribution in [1.29, 1.82) is 0 Å². The molecule has 0 bridgehead atoms. The van der Waals surface area contributed by atoms with E-state index >= 15 is 0 Å². The van der Waals surface area contributed by atoms with Gasteiger partial charge in [-0.25, -0.2) is 5.43 Å². The molecule has 0 aliphatic carbocycles. The van der Waals surface area contributed by atoms with Crippen molar-refractivity contribution in [3.8, 4) is 5.75 Å². The molecule has 0 aliphatic rings. The Kier molecular flexibility index (Phi) is 9.17. The number of hydrogen-bond acceptors (Lipinski definition) is 4. The number of carbonyl (C=O) groups excluding carboxylic acids is 2. The summed E-state index contributed by atoms with van der Waals surface area (Å²) in [7, 11) is 0. The molecule has 34 heavy (non-hydrogen) atoms. The molecule has 0 radical (unpaired) electrons. The zero-order chi connectivity index (χ0) is 24.3. The van der Waals surface area contributed by atoms with E-state index in [0.717, 1.165) is 27.8 Å². The molecule has 0 aliphatic heterocycles. The average molecular weight is 520 g/mol. The molecule has 0 atom stereocenters. The number of hydrazone groups is 1. The van der Waals surface area contributed by atoms with Gasteiger partial charge < -0.3 is 10.1 Å². The van der Waals surface area contributed by atoms with Crippen molar-refractivity contribution in [2.75, 3.05) is 6.61 Å². The largest absolute Gasteiger partial charge is 0.494 e. The molecule has 0 heterocycles. The summed E-state index contributed by atoms with van der Waals surface area (Å²) in [5.41, 5.74) is 5.29. The summed E-state index contributed by atoms with van der Waals surface area (Å²) in [4.78, 5) is 25.7. The number of hydrogen-bond donors (Lipinski definition) is 2. The van der Waals surface area contributed by atoms with Crippen LogP contribution >= 0.6 is 15.9 Å². The molecule has 0 unspecified atom stereocenters. The molecule has 6 nitrogen and oxygen atoms in total. The van der Waals surface area contributed by atoms with E-state index in [4.69, 9.17) is 4.74 Å². The smallest absolute Gasteiger partial charge is 0.287 e. The fourth-order valence-corrected chi connectivity index (χ4v) is 3.20. The quantitative estimate of drug-likeness (QED) is 0.221. The van der Waals surface area contributed by atoms with E-state index < -0.39 is 11.8 Å². The van der Waals surface area contributed by atoms with Gasteiger partial charge in [-0.05, 0) is 66.9 Å².